The van der Waals surface area contributed by atoms with Gasteiger partial charge in [-0.1, -0.05) is 6.07 Å². The predicted molar refractivity (Wildman–Crippen MR) is 72.0 cm³/mol. The number of carbonyl (C=O) groups excluding carboxylic acids is 2. The molecule has 0 aliphatic carbocycles. The van der Waals surface area contributed by atoms with Crippen molar-refractivity contribution in [1.82, 2.24) is 10.2 Å². The summed E-state index contributed by atoms with van der Waals surface area (Å²) in [4.78, 5) is 24.6. The number of benzene rings is 1. The second-order valence-electron chi connectivity index (χ2n) is 4.52. The summed E-state index contributed by atoms with van der Waals surface area (Å²) in [6, 6.07) is 2.63. The van der Waals surface area contributed by atoms with E-state index in [4.69, 9.17) is 0 Å². The van der Waals surface area contributed by atoms with Gasteiger partial charge < -0.3 is 10.2 Å². The third-order valence-corrected chi connectivity index (χ3v) is 3.91. The van der Waals surface area contributed by atoms with Crippen LogP contribution < -0.4 is 5.32 Å². The van der Waals surface area contributed by atoms with Gasteiger partial charge in [-0.25, -0.2) is 8.78 Å². The zero-order chi connectivity index (χ0) is 14.7. The molecule has 7 heteroatoms. The molecule has 4 nitrogen and oxygen atoms in total. The molecular formula is C13H14F2N2O2S. The van der Waals surface area contributed by atoms with Crippen molar-refractivity contribution in [3.8, 4) is 0 Å². The van der Waals surface area contributed by atoms with E-state index < -0.39 is 17.7 Å². The maximum absolute atomic E-state index is 13.6. The highest BCUT2D eigenvalue weighted by molar-refractivity contribution is 8.00. The highest BCUT2D eigenvalue weighted by Gasteiger charge is 2.23. The Morgan fingerprint density at radius 2 is 2.25 bits per heavy atom. The van der Waals surface area contributed by atoms with E-state index in [1.807, 2.05) is 0 Å². The van der Waals surface area contributed by atoms with E-state index in [1.165, 1.54) is 22.7 Å². The van der Waals surface area contributed by atoms with Crippen molar-refractivity contribution >= 4 is 23.6 Å². The molecule has 1 aromatic carbocycles. The maximum Gasteiger partial charge on any atom is 0.240 e. The van der Waals surface area contributed by atoms with E-state index in [1.54, 1.807) is 6.92 Å². The zero-order valence-corrected chi connectivity index (χ0v) is 11.7. The largest absolute Gasteiger partial charge is 0.348 e. The van der Waals surface area contributed by atoms with E-state index in [0.29, 0.717) is 11.6 Å². The Labute approximate surface area is 119 Å². The van der Waals surface area contributed by atoms with Crippen LogP contribution in [0, 0.1) is 11.6 Å². The number of thioether (sulfide) groups is 1. The highest BCUT2D eigenvalue weighted by Crippen LogP contribution is 2.18. The summed E-state index contributed by atoms with van der Waals surface area (Å²) < 4.78 is 26.4. The number of nitrogens with one attached hydrogen (secondary N) is 1. The minimum Gasteiger partial charge on any atom is -0.348 e. The average molecular weight is 300 g/mol. The van der Waals surface area contributed by atoms with Crippen LogP contribution in [0.5, 0.6) is 0 Å². The molecule has 1 aliphatic heterocycles. The summed E-state index contributed by atoms with van der Waals surface area (Å²) in [6.45, 7) is 1.56. The molecule has 1 N–H and O–H groups in total. The molecule has 20 heavy (non-hydrogen) atoms. The van der Waals surface area contributed by atoms with Crippen molar-refractivity contribution in [3.63, 3.8) is 0 Å². The van der Waals surface area contributed by atoms with Gasteiger partial charge in [0.25, 0.3) is 0 Å². The van der Waals surface area contributed by atoms with E-state index in [-0.39, 0.29) is 23.9 Å². The molecule has 1 fully saturated rings. The molecule has 0 bridgehead atoms. The third-order valence-electron chi connectivity index (χ3n) is 2.97. The molecule has 1 saturated heterocycles. The lowest BCUT2D eigenvalue weighted by atomic mass is 10.1. The van der Waals surface area contributed by atoms with E-state index in [0.717, 1.165) is 12.1 Å². The Morgan fingerprint density at radius 1 is 1.50 bits per heavy atom. The number of rotatable bonds is 4. The summed E-state index contributed by atoms with van der Waals surface area (Å²) in [5, 5.41) is 2.60. The van der Waals surface area contributed by atoms with Crippen molar-refractivity contribution in [2.45, 2.75) is 13.0 Å². The number of hydrogen-bond donors (Lipinski definition) is 1. The van der Waals surface area contributed by atoms with Crippen molar-refractivity contribution in [3.05, 3.63) is 35.4 Å². The van der Waals surface area contributed by atoms with Gasteiger partial charge in [0.05, 0.1) is 17.7 Å². The van der Waals surface area contributed by atoms with Gasteiger partial charge in [-0.2, -0.15) is 0 Å². The Morgan fingerprint density at radius 3 is 2.85 bits per heavy atom. The molecular weight excluding hydrogens is 286 g/mol. The Kier molecular flexibility index (Phi) is 4.59. The van der Waals surface area contributed by atoms with Gasteiger partial charge in [-0.3, -0.25) is 9.59 Å². The van der Waals surface area contributed by atoms with Gasteiger partial charge in [0.15, 0.2) is 0 Å². The highest BCUT2D eigenvalue weighted by atomic mass is 32.2. The summed E-state index contributed by atoms with van der Waals surface area (Å²) >= 11 is 1.45. The van der Waals surface area contributed by atoms with Gasteiger partial charge in [0.1, 0.15) is 18.2 Å². The molecule has 2 rings (SSSR count). The number of hydrogen-bond acceptors (Lipinski definition) is 3. The Hall–Kier alpha value is -1.63. The third kappa shape index (κ3) is 3.47. The molecule has 0 aromatic heterocycles. The predicted octanol–water partition coefficient (Wildman–Crippen LogP) is 1.67. The maximum atomic E-state index is 13.6. The summed E-state index contributed by atoms with van der Waals surface area (Å²) in [7, 11) is 0. The molecule has 1 heterocycles. The standard InChI is InChI=1S/C13H14F2N2O2S/c1-8(10-3-2-9(14)4-11(10)15)16-12(18)5-17-7-20-6-13(17)19/h2-4,8H,5-7H2,1H3,(H,16,18)/t8-/m1/s1. The Balaban J connectivity index is 1.95. The SMILES string of the molecule is C[C@@H](NC(=O)CN1CSCC1=O)c1ccc(F)cc1F. The first kappa shape index (κ1) is 14.8. The average Bonchev–Trinajstić information content (AvgIpc) is 2.74. The second kappa shape index (κ2) is 6.21. The number of nitrogens with zero attached hydrogens (tertiary/aromatic N) is 1. The summed E-state index contributed by atoms with van der Waals surface area (Å²) in [5.74, 6) is -0.932. The quantitative estimate of drug-likeness (QED) is 0.920. The minimum atomic E-state index is -0.703. The Bertz CT molecular complexity index is 539. The van der Waals surface area contributed by atoms with Crippen LogP contribution in [0.25, 0.3) is 0 Å². The second-order valence-corrected chi connectivity index (χ2v) is 5.48. The van der Waals surface area contributed by atoms with Crippen LogP contribution in [-0.4, -0.2) is 34.9 Å². The number of carbonyl (C=O) groups is 2. The fourth-order valence-corrected chi connectivity index (χ4v) is 2.84. The molecule has 108 valence electrons. The molecule has 0 spiro atoms. The van der Waals surface area contributed by atoms with Gasteiger partial charge in [-0.05, 0) is 13.0 Å². The smallest absolute Gasteiger partial charge is 0.240 e. The molecule has 2 amide bonds. The van der Waals surface area contributed by atoms with Crippen molar-refractivity contribution in [2.75, 3.05) is 18.2 Å². The minimum absolute atomic E-state index is 0.0427. The normalized spacial score (nSPS) is 16.4. The van der Waals surface area contributed by atoms with E-state index in [2.05, 4.69) is 5.32 Å². The first-order chi connectivity index (χ1) is 9.47. The zero-order valence-electron chi connectivity index (χ0n) is 10.9. The van der Waals surface area contributed by atoms with E-state index >= 15 is 0 Å². The lowest BCUT2D eigenvalue weighted by Crippen LogP contribution is -2.39. The topological polar surface area (TPSA) is 49.4 Å². The fourth-order valence-electron chi connectivity index (χ4n) is 1.93. The lowest BCUT2D eigenvalue weighted by Gasteiger charge is -2.18. The summed E-state index contributed by atoms with van der Waals surface area (Å²) in [6.07, 6.45) is 0. The van der Waals surface area contributed by atoms with Gasteiger partial charge in [0.2, 0.25) is 11.8 Å². The monoisotopic (exact) mass is 300 g/mol. The molecule has 1 aliphatic rings. The molecule has 0 unspecified atom stereocenters. The first-order valence-electron chi connectivity index (χ1n) is 6.07. The molecule has 0 saturated carbocycles. The van der Waals surface area contributed by atoms with Crippen molar-refractivity contribution in [1.29, 1.82) is 0 Å². The van der Waals surface area contributed by atoms with Crippen LogP contribution in [0.1, 0.15) is 18.5 Å². The number of amides is 2. The van der Waals surface area contributed by atoms with Crippen LogP contribution in [0.2, 0.25) is 0 Å². The molecule has 1 atom stereocenters. The van der Waals surface area contributed by atoms with Crippen LogP contribution >= 0.6 is 11.8 Å². The molecule has 0 radical (unpaired) electrons. The fraction of sp³-hybridized carbons (Fsp3) is 0.385. The van der Waals surface area contributed by atoms with Crippen LogP contribution in [0.4, 0.5) is 8.78 Å². The summed E-state index contributed by atoms with van der Waals surface area (Å²) in [5.41, 5.74) is 0.210. The van der Waals surface area contributed by atoms with Crippen molar-refractivity contribution < 1.29 is 18.4 Å². The van der Waals surface area contributed by atoms with Crippen molar-refractivity contribution in [2.24, 2.45) is 0 Å². The lowest BCUT2D eigenvalue weighted by molar-refractivity contribution is -0.132. The van der Waals surface area contributed by atoms with Crippen LogP contribution in [0.3, 0.4) is 0 Å². The van der Waals surface area contributed by atoms with Crippen LogP contribution in [-0.2, 0) is 9.59 Å². The first-order valence-corrected chi connectivity index (χ1v) is 7.22. The van der Waals surface area contributed by atoms with Crippen LogP contribution in [0.15, 0.2) is 18.2 Å². The van der Waals surface area contributed by atoms with Gasteiger partial charge in [0, 0.05) is 11.6 Å². The van der Waals surface area contributed by atoms with Gasteiger partial charge in [-0.15, -0.1) is 11.8 Å². The van der Waals surface area contributed by atoms with E-state index in [9.17, 15) is 18.4 Å². The van der Waals surface area contributed by atoms with Gasteiger partial charge >= 0.3 is 0 Å². The molecule has 1 aromatic rings. The number of halogens is 2.